The number of sulfonamides is 1. The number of morpholine rings is 1. The molecule has 3 aromatic rings. The molecule has 2 aliphatic heterocycles. The van der Waals surface area contributed by atoms with Gasteiger partial charge >= 0.3 is 0 Å². The molecule has 3 aromatic heterocycles. The Morgan fingerprint density at radius 2 is 1.89 bits per heavy atom. The van der Waals surface area contributed by atoms with E-state index in [9.17, 15) is 13.2 Å². The molecule has 14 heteroatoms. The Balaban J connectivity index is 1.55. The van der Waals surface area contributed by atoms with Crippen LogP contribution in [0.1, 0.15) is 12.5 Å². The predicted molar refractivity (Wildman–Crippen MR) is 146 cm³/mol. The summed E-state index contributed by atoms with van der Waals surface area (Å²) in [7, 11) is -2.11. The molecule has 1 N–H and O–H groups in total. The number of hydrogen-bond donors (Lipinski definition) is 1. The Kier molecular flexibility index (Phi) is 7.66. The fraction of sp³-hybridized carbons (Fsp3) is 0.500. The fourth-order valence-electron chi connectivity index (χ4n) is 4.65. The molecule has 5 rings (SSSR count). The van der Waals surface area contributed by atoms with Gasteiger partial charge in [0.25, 0.3) is 0 Å². The molecule has 2 fully saturated rings. The van der Waals surface area contributed by atoms with E-state index in [1.807, 2.05) is 4.90 Å². The number of amides is 1. The summed E-state index contributed by atoms with van der Waals surface area (Å²) in [5.74, 6) is 0.885. The van der Waals surface area contributed by atoms with Crippen molar-refractivity contribution in [2.45, 2.75) is 13.5 Å². The van der Waals surface area contributed by atoms with Gasteiger partial charge in [-0.3, -0.25) is 14.4 Å². The SMILES string of the molecule is COc1ncc(-c2nc(N3CCOCC3)nc3c(CN4CCN(C(C)=O)CC4)csc23)cc1NS(C)(=O)=O. The minimum atomic E-state index is -3.55. The van der Waals surface area contributed by atoms with Gasteiger partial charge in [-0.25, -0.2) is 23.4 Å². The Morgan fingerprint density at radius 3 is 2.55 bits per heavy atom. The molecule has 0 atom stereocenters. The molecule has 0 radical (unpaired) electrons. The number of rotatable bonds is 7. The van der Waals surface area contributed by atoms with Crippen molar-refractivity contribution >= 4 is 49.1 Å². The van der Waals surface area contributed by atoms with Crippen molar-refractivity contribution in [1.29, 1.82) is 0 Å². The van der Waals surface area contributed by atoms with Gasteiger partial charge in [-0.15, -0.1) is 11.3 Å². The largest absolute Gasteiger partial charge is 0.480 e. The normalized spacial score (nSPS) is 17.1. The number of thiophene rings is 1. The van der Waals surface area contributed by atoms with Gasteiger partial charge in [0.2, 0.25) is 27.8 Å². The summed E-state index contributed by atoms with van der Waals surface area (Å²) in [5, 5.41) is 2.11. The molecule has 0 spiro atoms. The smallest absolute Gasteiger partial charge is 0.238 e. The molecule has 12 nitrogen and oxygen atoms in total. The quantitative estimate of drug-likeness (QED) is 0.454. The minimum absolute atomic E-state index is 0.107. The third-order valence-corrected chi connectivity index (χ3v) is 8.21. The summed E-state index contributed by atoms with van der Waals surface area (Å²) < 4.78 is 38.2. The molecule has 0 saturated carbocycles. The van der Waals surface area contributed by atoms with E-state index in [1.165, 1.54) is 7.11 Å². The molecule has 0 aliphatic carbocycles. The lowest BCUT2D eigenvalue weighted by atomic mass is 10.1. The van der Waals surface area contributed by atoms with Crippen molar-refractivity contribution in [3.05, 3.63) is 23.2 Å². The van der Waals surface area contributed by atoms with Crippen LogP contribution in [-0.2, 0) is 26.1 Å². The van der Waals surface area contributed by atoms with E-state index < -0.39 is 10.0 Å². The first-order chi connectivity index (χ1) is 18.2. The summed E-state index contributed by atoms with van der Waals surface area (Å²) >= 11 is 1.56. The maximum Gasteiger partial charge on any atom is 0.238 e. The topological polar surface area (TPSA) is 130 Å². The van der Waals surface area contributed by atoms with Crippen LogP contribution >= 0.6 is 11.3 Å². The monoisotopic (exact) mass is 561 g/mol. The van der Waals surface area contributed by atoms with Gasteiger partial charge in [0.1, 0.15) is 5.69 Å². The second-order valence-electron chi connectivity index (χ2n) is 9.35. The number of hydrogen-bond acceptors (Lipinski definition) is 11. The number of nitrogens with one attached hydrogen (secondary N) is 1. The highest BCUT2D eigenvalue weighted by Crippen LogP contribution is 2.37. The molecule has 204 valence electrons. The highest BCUT2D eigenvalue weighted by molar-refractivity contribution is 7.92. The fourth-order valence-corrected chi connectivity index (χ4v) is 6.20. The highest BCUT2D eigenvalue weighted by Gasteiger charge is 2.24. The summed E-state index contributed by atoms with van der Waals surface area (Å²) in [6.45, 7) is 7.90. The van der Waals surface area contributed by atoms with E-state index in [0.717, 1.165) is 35.1 Å². The number of nitrogens with zero attached hydrogens (tertiary/aromatic N) is 6. The van der Waals surface area contributed by atoms with Crippen molar-refractivity contribution in [2.75, 3.05) is 75.5 Å². The Labute approximate surface area is 225 Å². The molecule has 0 unspecified atom stereocenters. The molecular weight excluding hydrogens is 530 g/mol. The summed E-state index contributed by atoms with van der Waals surface area (Å²) in [4.78, 5) is 32.3. The standard InChI is InChI=1S/C24H31N7O5S2/c1-16(32)30-6-4-29(5-7-30)14-18-15-37-22-20(26-24(27-21(18)22)31-8-10-36-11-9-31)17-12-19(28-38(3,33)34)23(35-2)25-13-17/h12-13,15,28H,4-11,14H2,1-3H3. The van der Waals surface area contributed by atoms with Crippen LogP contribution in [0.15, 0.2) is 17.6 Å². The predicted octanol–water partition coefficient (Wildman–Crippen LogP) is 1.63. The lowest BCUT2D eigenvalue weighted by molar-refractivity contribution is -0.130. The lowest BCUT2D eigenvalue weighted by Crippen LogP contribution is -2.47. The van der Waals surface area contributed by atoms with Crippen molar-refractivity contribution in [3.8, 4) is 17.1 Å². The highest BCUT2D eigenvalue weighted by atomic mass is 32.2. The Morgan fingerprint density at radius 1 is 1.16 bits per heavy atom. The zero-order valence-electron chi connectivity index (χ0n) is 21.6. The number of methoxy groups -OCH3 is 1. The zero-order valence-corrected chi connectivity index (χ0v) is 23.3. The number of aromatic nitrogens is 3. The zero-order chi connectivity index (χ0) is 26.9. The number of carbonyl (C=O) groups is 1. The maximum absolute atomic E-state index is 12.0. The van der Waals surface area contributed by atoms with Crippen LogP contribution in [0, 0.1) is 0 Å². The van der Waals surface area contributed by atoms with Crippen LogP contribution in [0.5, 0.6) is 5.88 Å². The minimum Gasteiger partial charge on any atom is -0.480 e. The van der Waals surface area contributed by atoms with Crippen molar-refractivity contribution in [1.82, 2.24) is 24.8 Å². The first kappa shape index (κ1) is 26.5. The van der Waals surface area contributed by atoms with E-state index >= 15 is 0 Å². The summed E-state index contributed by atoms with van der Waals surface area (Å²) in [6.07, 6.45) is 2.72. The Bertz CT molecular complexity index is 1430. The van der Waals surface area contributed by atoms with Crippen LogP contribution in [0.3, 0.4) is 0 Å². The van der Waals surface area contributed by atoms with Gasteiger partial charge in [-0.2, -0.15) is 0 Å². The molecule has 5 heterocycles. The van der Waals surface area contributed by atoms with Crippen molar-refractivity contribution in [3.63, 3.8) is 0 Å². The number of carbonyl (C=O) groups excluding carboxylic acids is 1. The lowest BCUT2D eigenvalue weighted by Gasteiger charge is -2.34. The van der Waals surface area contributed by atoms with Crippen LogP contribution in [-0.4, -0.2) is 105 Å². The third-order valence-electron chi connectivity index (χ3n) is 6.60. The molecular formula is C24H31N7O5S2. The number of ether oxygens (including phenoxy) is 2. The molecule has 0 bridgehead atoms. The molecule has 2 aliphatic rings. The van der Waals surface area contributed by atoms with E-state index in [1.54, 1.807) is 30.5 Å². The average Bonchev–Trinajstić information content (AvgIpc) is 3.30. The first-order valence-electron chi connectivity index (χ1n) is 12.3. The van der Waals surface area contributed by atoms with Gasteiger partial charge in [0.05, 0.1) is 42.5 Å². The molecule has 2 saturated heterocycles. The molecule has 1 amide bonds. The number of piperazine rings is 1. The van der Waals surface area contributed by atoms with Crippen molar-refractivity contribution in [2.24, 2.45) is 0 Å². The van der Waals surface area contributed by atoms with Gasteiger partial charge in [-0.05, 0) is 11.4 Å². The number of anilines is 2. The average molecular weight is 562 g/mol. The summed E-state index contributed by atoms with van der Waals surface area (Å²) in [6, 6.07) is 1.69. The Hall–Kier alpha value is -3.07. The van der Waals surface area contributed by atoms with Gasteiger partial charge in [0, 0.05) is 70.1 Å². The van der Waals surface area contributed by atoms with E-state index in [0.29, 0.717) is 63.1 Å². The first-order valence-corrected chi connectivity index (χ1v) is 15.1. The van der Waals surface area contributed by atoms with Crippen molar-refractivity contribution < 1.29 is 22.7 Å². The van der Waals surface area contributed by atoms with Crippen LogP contribution in [0.4, 0.5) is 11.6 Å². The summed E-state index contributed by atoms with van der Waals surface area (Å²) in [5.41, 5.74) is 3.54. The maximum atomic E-state index is 12.0. The van der Waals surface area contributed by atoms with E-state index in [4.69, 9.17) is 19.4 Å². The van der Waals surface area contributed by atoms with Crippen LogP contribution in [0.2, 0.25) is 0 Å². The number of fused-ring (bicyclic) bond motifs is 1. The van der Waals surface area contributed by atoms with Gasteiger partial charge in [0.15, 0.2) is 0 Å². The second-order valence-corrected chi connectivity index (χ2v) is 12.0. The second kappa shape index (κ2) is 11.0. The van der Waals surface area contributed by atoms with Gasteiger partial charge in [-0.1, -0.05) is 0 Å². The molecule has 0 aromatic carbocycles. The van der Waals surface area contributed by atoms with Crippen LogP contribution in [0.25, 0.3) is 21.5 Å². The van der Waals surface area contributed by atoms with E-state index in [-0.39, 0.29) is 17.5 Å². The van der Waals surface area contributed by atoms with E-state index in [2.05, 4.69) is 24.9 Å². The van der Waals surface area contributed by atoms with Crippen LogP contribution < -0.4 is 14.4 Å². The molecule has 38 heavy (non-hydrogen) atoms. The third kappa shape index (κ3) is 5.82. The number of pyridine rings is 1. The van der Waals surface area contributed by atoms with Gasteiger partial charge < -0.3 is 19.3 Å².